The van der Waals surface area contributed by atoms with Gasteiger partial charge in [0.15, 0.2) is 0 Å². The zero-order valence-electron chi connectivity index (χ0n) is 15.6. The highest BCUT2D eigenvalue weighted by Gasteiger charge is 2.28. The molecule has 0 saturated carbocycles. The Balaban J connectivity index is 1.57. The van der Waals surface area contributed by atoms with Crippen LogP contribution in [0.3, 0.4) is 0 Å². The molecule has 2 aromatic carbocycles. The van der Waals surface area contributed by atoms with Crippen molar-refractivity contribution in [2.75, 3.05) is 13.7 Å². The minimum Gasteiger partial charge on any atom is -0.497 e. The molecule has 27 heavy (non-hydrogen) atoms. The molecular formula is C22H23ClN2O2. The third-order valence-corrected chi connectivity index (χ3v) is 5.52. The Morgan fingerprint density at radius 2 is 2.07 bits per heavy atom. The van der Waals surface area contributed by atoms with Crippen molar-refractivity contribution in [3.05, 3.63) is 70.6 Å². The lowest BCUT2D eigenvalue weighted by Gasteiger charge is -2.24. The summed E-state index contributed by atoms with van der Waals surface area (Å²) in [5, 5.41) is 0.653. The van der Waals surface area contributed by atoms with Crippen molar-refractivity contribution in [3.63, 3.8) is 0 Å². The van der Waals surface area contributed by atoms with Crippen LogP contribution in [0, 0.1) is 6.92 Å². The van der Waals surface area contributed by atoms with Gasteiger partial charge in [0.2, 0.25) is 5.89 Å². The molecule has 1 fully saturated rings. The maximum absolute atomic E-state index is 6.30. The fraction of sp³-hybridized carbons (Fsp3) is 0.318. The van der Waals surface area contributed by atoms with Gasteiger partial charge >= 0.3 is 0 Å². The second-order valence-corrected chi connectivity index (χ2v) is 7.31. The zero-order chi connectivity index (χ0) is 18.8. The van der Waals surface area contributed by atoms with Crippen LogP contribution in [0.2, 0.25) is 5.02 Å². The smallest absolute Gasteiger partial charge is 0.228 e. The van der Waals surface area contributed by atoms with Crippen LogP contribution in [0.5, 0.6) is 5.75 Å². The Hall–Kier alpha value is -2.30. The number of likely N-dealkylation sites (tertiary alicyclic amines) is 1. The number of halogens is 1. The summed E-state index contributed by atoms with van der Waals surface area (Å²) in [5.74, 6) is 2.34. The van der Waals surface area contributed by atoms with Crippen LogP contribution in [0.15, 0.2) is 52.9 Å². The molecule has 140 valence electrons. The van der Waals surface area contributed by atoms with Gasteiger partial charge in [0, 0.05) is 12.6 Å². The van der Waals surface area contributed by atoms with E-state index in [4.69, 9.17) is 25.7 Å². The van der Waals surface area contributed by atoms with E-state index in [0.29, 0.717) is 17.0 Å². The van der Waals surface area contributed by atoms with Gasteiger partial charge < -0.3 is 9.15 Å². The van der Waals surface area contributed by atoms with Gasteiger partial charge in [0.05, 0.1) is 23.4 Å². The van der Waals surface area contributed by atoms with E-state index in [9.17, 15) is 0 Å². The predicted molar refractivity (Wildman–Crippen MR) is 107 cm³/mol. The number of aromatic nitrogens is 1. The molecule has 0 radical (unpaired) electrons. The molecule has 4 nitrogen and oxygen atoms in total. The van der Waals surface area contributed by atoms with Gasteiger partial charge in [-0.15, -0.1) is 0 Å². The predicted octanol–water partition coefficient (Wildman–Crippen LogP) is 5.65. The first-order valence-corrected chi connectivity index (χ1v) is 9.62. The lowest BCUT2D eigenvalue weighted by atomic mass is 10.0. The summed E-state index contributed by atoms with van der Waals surface area (Å²) >= 11 is 6.30. The summed E-state index contributed by atoms with van der Waals surface area (Å²) in [4.78, 5) is 7.22. The molecule has 3 aromatic rings. The van der Waals surface area contributed by atoms with E-state index in [1.807, 2.05) is 37.3 Å². The van der Waals surface area contributed by atoms with Crippen molar-refractivity contribution >= 4 is 11.6 Å². The van der Waals surface area contributed by atoms with Crippen molar-refractivity contribution in [1.29, 1.82) is 0 Å². The number of hydrogen-bond donors (Lipinski definition) is 0. The molecule has 0 N–H and O–H groups in total. The molecule has 4 rings (SSSR count). The SMILES string of the molecule is COc1cccc(C2CCCN2Cc2nc(-c3ccccc3Cl)oc2C)c1. The highest BCUT2D eigenvalue weighted by molar-refractivity contribution is 6.33. The minimum atomic E-state index is 0.375. The first-order valence-electron chi connectivity index (χ1n) is 9.25. The Morgan fingerprint density at radius 1 is 1.22 bits per heavy atom. The van der Waals surface area contributed by atoms with Gasteiger partial charge in [-0.05, 0) is 56.1 Å². The molecule has 2 heterocycles. The van der Waals surface area contributed by atoms with E-state index in [2.05, 4.69) is 23.1 Å². The minimum absolute atomic E-state index is 0.375. The maximum atomic E-state index is 6.30. The van der Waals surface area contributed by atoms with Gasteiger partial charge in [0.1, 0.15) is 11.5 Å². The van der Waals surface area contributed by atoms with Crippen LogP contribution in [0.4, 0.5) is 0 Å². The van der Waals surface area contributed by atoms with Crippen molar-refractivity contribution in [2.24, 2.45) is 0 Å². The Morgan fingerprint density at radius 3 is 2.89 bits per heavy atom. The number of hydrogen-bond acceptors (Lipinski definition) is 4. The summed E-state index contributed by atoms with van der Waals surface area (Å²) < 4.78 is 11.3. The number of nitrogens with zero attached hydrogens (tertiary/aromatic N) is 2. The molecular weight excluding hydrogens is 360 g/mol. The average molecular weight is 383 g/mol. The zero-order valence-corrected chi connectivity index (χ0v) is 16.4. The molecule has 0 amide bonds. The Bertz CT molecular complexity index is 938. The monoisotopic (exact) mass is 382 g/mol. The maximum Gasteiger partial charge on any atom is 0.228 e. The lowest BCUT2D eigenvalue weighted by molar-refractivity contribution is 0.244. The highest BCUT2D eigenvalue weighted by Crippen LogP contribution is 2.35. The highest BCUT2D eigenvalue weighted by atomic mass is 35.5. The molecule has 1 aromatic heterocycles. The lowest BCUT2D eigenvalue weighted by Crippen LogP contribution is -2.23. The quantitative estimate of drug-likeness (QED) is 0.571. The fourth-order valence-corrected chi connectivity index (χ4v) is 3.98. The Kier molecular flexibility index (Phi) is 5.19. The van der Waals surface area contributed by atoms with Crippen LogP contribution < -0.4 is 4.74 Å². The number of ether oxygens (including phenoxy) is 1. The second kappa shape index (κ2) is 7.75. The van der Waals surface area contributed by atoms with E-state index in [-0.39, 0.29) is 0 Å². The topological polar surface area (TPSA) is 38.5 Å². The second-order valence-electron chi connectivity index (χ2n) is 6.91. The van der Waals surface area contributed by atoms with Crippen LogP contribution in [-0.2, 0) is 6.54 Å². The third-order valence-electron chi connectivity index (χ3n) is 5.19. The van der Waals surface area contributed by atoms with Crippen molar-refractivity contribution < 1.29 is 9.15 Å². The molecule has 1 saturated heterocycles. The molecule has 0 bridgehead atoms. The third kappa shape index (κ3) is 3.73. The molecule has 1 aliphatic rings. The van der Waals surface area contributed by atoms with Crippen molar-refractivity contribution in [2.45, 2.75) is 32.4 Å². The molecule has 0 spiro atoms. The molecule has 1 atom stereocenters. The molecule has 1 aliphatic heterocycles. The van der Waals surface area contributed by atoms with Crippen LogP contribution in [0.25, 0.3) is 11.5 Å². The summed E-state index contributed by atoms with van der Waals surface area (Å²) in [6.07, 6.45) is 2.32. The van der Waals surface area contributed by atoms with Crippen LogP contribution >= 0.6 is 11.6 Å². The number of rotatable bonds is 5. The number of benzene rings is 2. The Labute approximate surface area is 164 Å². The largest absolute Gasteiger partial charge is 0.497 e. The van der Waals surface area contributed by atoms with E-state index in [1.54, 1.807) is 7.11 Å². The van der Waals surface area contributed by atoms with Crippen LogP contribution in [0.1, 0.15) is 35.9 Å². The molecule has 0 aliphatic carbocycles. The summed E-state index contributed by atoms with van der Waals surface area (Å²) in [5.41, 5.74) is 3.10. The number of oxazole rings is 1. The van der Waals surface area contributed by atoms with E-state index < -0.39 is 0 Å². The summed E-state index contributed by atoms with van der Waals surface area (Å²) in [6.45, 7) is 3.79. The van der Waals surface area contributed by atoms with Gasteiger partial charge in [-0.1, -0.05) is 35.9 Å². The normalized spacial score (nSPS) is 17.4. The van der Waals surface area contributed by atoms with Crippen molar-refractivity contribution in [1.82, 2.24) is 9.88 Å². The van der Waals surface area contributed by atoms with E-state index in [1.165, 1.54) is 12.0 Å². The summed E-state index contributed by atoms with van der Waals surface area (Å²) in [7, 11) is 1.71. The number of aryl methyl sites for hydroxylation is 1. The molecule has 5 heteroatoms. The molecule has 1 unspecified atom stereocenters. The average Bonchev–Trinajstić information content (AvgIpc) is 3.29. The van der Waals surface area contributed by atoms with Gasteiger partial charge in [-0.25, -0.2) is 4.98 Å². The van der Waals surface area contributed by atoms with E-state index in [0.717, 1.165) is 42.3 Å². The van der Waals surface area contributed by atoms with Crippen molar-refractivity contribution in [3.8, 4) is 17.2 Å². The first-order chi connectivity index (χ1) is 13.2. The van der Waals surface area contributed by atoms with E-state index >= 15 is 0 Å². The fourth-order valence-electron chi connectivity index (χ4n) is 3.76. The first kappa shape index (κ1) is 18.1. The van der Waals surface area contributed by atoms with Gasteiger partial charge in [-0.3, -0.25) is 4.90 Å². The van der Waals surface area contributed by atoms with Crippen LogP contribution in [-0.4, -0.2) is 23.5 Å². The standard InChI is InChI=1S/C22H23ClN2O2/c1-15-20(24-22(27-15)18-9-3-4-10-19(18)23)14-25-12-6-11-21(25)16-7-5-8-17(13-16)26-2/h3-5,7-10,13,21H,6,11-12,14H2,1-2H3. The van der Waals surface area contributed by atoms with Gasteiger partial charge in [-0.2, -0.15) is 0 Å². The van der Waals surface area contributed by atoms with Gasteiger partial charge in [0.25, 0.3) is 0 Å². The summed E-state index contributed by atoms with van der Waals surface area (Å²) in [6, 6.07) is 16.4. The number of methoxy groups -OCH3 is 1.